The smallest absolute Gasteiger partial charge is 0.163 e. The summed E-state index contributed by atoms with van der Waals surface area (Å²) in [4.78, 5) is 28.2. The minimum absolute atomic E-state index is 0.103. The van der Waals surface area contributed by atoms with Crippen molar-refractivity contribution in [2.75, 3.05) is 14.2 Å². The van der Waals surface area contributed by atoms with E-state index in [-0.39, 0.29) is 11.6 Å². The van der Waals surface area contributed by atoms with E-state index in [1.807, 2.05) is 0 Å². The topological polar surface area (TPSA) is 52.6 Å². The number of unbranched alkanes of at least 4 members (excludes halogenated alkanes) is 4. The number of allylic oxidation sites excluding steroid dienone is 4. The van der Waals surface area contributed by atoms with Gasteiger partial charge in [0, 0.05) is 27.1 Å². The molecule has 2 aliphatic rings. The molecule has 0 aromatic carbocycles. The van der Waals surface area contributed by atoms with E-state index in [0.29, 0.717) is 18.8 Å². The number of carbonyl (C=O) groups excluding carboxylic acids is 2. The summed E-state index contributed by atoms with van der Waals surface area (Å²) in [6.07, 6.45) is 22.6. The molecule has 0 N–H and O–H groups in total. The zero-order chi connectivity index (χ0) is 28.2. The van der Waals surface area contributed by atoms with Crippen LogP contribution in [0.3, 0.4) is 0 Å². The van der Waals surface area contributed by atoms with Gasteiger partial charge < -0.3 is 9.47 Å². The van der Waals surface area contributed by atoms with Crippen molar-refractivity contribution in [2.45, 2.75) is 124 Å². The van der Waals surface area contributed by atoms with E-state index >= 15 is 0 Å². The molecule has 214 valence electrons. The second-order valence-corrected chi connectivity index (χ2v) is 11.4. The summed E-state index contributed by atoms with van der Waals surface area (Å²) in [6, 6.07) is 0. The van der Waals surface area contributed by atoms with Gasteiger partial charge in [-0.1, -0.05) is 113 Å². The number of Topliss-reactive ketones (excluding diaryl/α,β-unsaturated/α-hetero) is 2. The molecule has 5 atom stereocenters. The van der Waals surface area contributed by atoms with E-state index in [0.717, 1.165) is 75.4 Å². The molecule has 5 unspecified atom stereocenters. The summed E-state index contributed by atoms with van der Waals surface area (Å²) in [5.41, 5.74) is 0.445. The molecule has 0 radical (unpaired) electrons. The van der Waals surface area contributed by atoms with Crippen LogP contribution in [0.5, 0.6) is 0 Å². The summed E-state index contributed by atoms with van der Waals surface area (Å²) in [5.74, 6) is 0.554. The first kappa shape index (κ1) is 32.4. The lowest BCUT2D eigenvalue weighted by atomic mass is 9.48. The highest BCUT2D eigenvalue weighted by atomic mass is 16.5. The quantitative estimate of drug-likeness (QED) is 0.133. The lowest BCUT2D eigenvalue weighted by molar-refractivity contribution is -0.150. The number of rotatable bonds is 18. The van der Waals surface area contributed by atoms with Gasteiger partial charge in [-0.05, 0) is 39.0 Å². The lowest BCUT2D eigenvalue weighted by Gasteiger charge is -2.56. The molecule has 4 nitrogen and oxygen atoms in total. The maximum atomic E-state index is 14.2. The molecule has 2 rings (SSSR count). The van der Waals surface area contributed by atoms with E-state index in [1.165, 1.54) is 0 Å². The molecule has 0 heterocycles. The highest BCUT2D eigenvalue weighted by Crippen LogP contribution is 2.60. The predicted octanol–water partition coefficient (Wildman–Crippen LogP) is 8.52. The number of ketones is 2. The first-order valence-electron chi connectivity index (χ1n) is 15.1. The van der Waals surface area contributed by atoms with Crippen molar-refractivity contribution in [3.05, 3.63) is 47.6 Å². The number of methoxy groups -OCH3 is 2. The Hall–Kier alpha value is -1.78. The van der Waals surface area contributed by atoms with Crippen LogP contribution in [-0.2, 0) is 19.1 Å². The Bertz CT molecular complexity index is 894. The van der Waals surface area contributed by atoms with Gasteiger partial charge in [0.25, 0.3) is 0 Å². The molecular weight excluding hydrogens is 472 g/mol. The second-order valence-electron chi connectivity index (χ2n) is 11.4. The third-order valence-corrected chi connectivity index (χ3v) is 9.06. The van der Waals surface area contributed by atoms with Crippen LogP contribution in [0.2, 0.25) is 0 Å². The molecule has 2 aliphatic carbocycles. The standard InChI is InChI=1S/C34H54O4/c1-8-11-13-14-22-29(35)31(37-6)33(23-17-15-19-26(33)4)34(24-18-16-20-27(34)5)32(38-7)30(36)25-28(10-3)21-12-9-2/h17-20,23-24,28,31-32H,8-16,21-22,25H2,1-7H3. The van der Waals surface area contributed by atoms with Crippen molar-refractivity contribution < 1.29 is 19.1 Å². The molecule has 0 bridgehead atoms. The largest absolute Gasteiger partial charge is 0.372 e. The van der Waals surface area contributed by atoms with E-state index in [1.54, 1.807) is 14.2 Å². The van der Waals surface area contributed by atoms with Crippen LogP contribution in [-0.4, -0.2) is 38.0 Å². The zero-order valence-corrected chi connectivity index (χ0v) is 25.3. The molecule has 0 aromatic heterocycles. The van der Waals surface area contributed by atoms with Gasteiger partial charge >= 0.3 is 0 Å². The predicted molar refractivity (Wildman–Crippen MR) is 158 cm³/mol. The lowest BCUT2D eigenvalue weighted by Crippen LogP contribution is -2.61. The van der Waals surface area contributed by atoms with Crippen LogP contribution in [0.15, 0.2) is 47.6 Å². The van der Waals surface area contributed by atoms with Gasteiger partial charge in [0.15, 0.2) is 11.6 Å². The van der Waals surface area contributed by atoms with E-state index in [2.05, 4.69) is 71.1 Å². The Labute approximate surface area is 233 Å². The minimum Gasteiger partial charge on any atom is -0.372 e. The van der Waals surface area contributed by atoms with E-state index < -0.39 is 23.0 Å². The van der Waals surface area contributed by atoms with Crippen molar-refractivity contribution >= 4 is 11.6 Å². The van der Waals surface area contributed by atoms with Crippen LogP contribution in [0, 0.1) is 16.7 Å². The monoisotopic (exact) mass is 526 g/mol. The maximum absolute atomic E-state index is 14.2. The van der Waals surface area contributed by atoms with Crippen molar-refractivity contribution in [1.29, 1.82) is 0 Å². The molecule has 4 heteroatoms. The average Bonchev–Trinajstić information content (AvgIpc) is 2.92. The summed E-state index contributed by atoms with van der Waals surface area (Å²) < 4.78 is 12.4. The van der Waals surface area contributed by atoms with Crippen LogP contribution in [0.25, 0.3) is 0 Å². The van der Waals surface area contributed by atoms with Gasteiger partial charge in [-0.25, -0.2) is 0 Å². The molecule has 0 aliphatic heterocycles. The summed E-state index contributed by atoms with van der Waals surface area (Å²) in [7, 11) is 3.30. The fourth-order valence-corrected chi connectivity index (χ4v) is 6.88. The van der Waals surface area contributed by atoms with E-state index in [9.17, 15) is 9.59 Å². The maximum Gasteiger partial charge on any atom is 0.163 e. The SMILES string of the molecule is CCCCCCC(=O)C(OC)C1(C2(C(OC)C(=O)CC(CC)CCCC)C=CCC=C2C)C=CCC=C1C. The third kappa shape index (κ3) is 6.67. The van der Waals surface area contributed by atoms with Crippen LogP contribution >= 0.6 is 0 Å². The normalized spacial score (nSPS) is 25.4. The molecule has 0 amide bonds. The van der Waals surface area contributed by atoms with Gasteiger partial charge in [-0.15, -0.1) is 0 Å². The van der Waals surface area contributed by atoms with Gasteiger partial charge in [0.05, 0.1) is 10.8 Å². The van der Waals surface area contributed by atoms with Crippen LogP contribution in [0.4, 0.5) is 0 Å². The highest BCUT2D eigenvalue weighted by molar-refractivity contribution is 5.89. The van der Waals surface area contributed by atoms with Crippen LogP contribution in [0.1, 0.15) is 112 Å². The number of hydrogen-bond donors (Lipinski definition) is 0. The van der Waals surface area contributed by atoms with E-state index in [4.69, 9.17) is 9.47 Å². The molecule has 38 heavy (non-hydrogen) atoms. The number of ether oxygens (including phenoxy) is 2. The number of carbonyl (C=O) groups is 2. The van der Waals surface area contributed by atoms with Crippen molar-refractivity contribution in [3.8, 4) is 0 Å². The Morgan fingerprint density at radius 1 is 0.789 bits per heavy atom. The average molecular weight is 527 g/mol. The van der Waals surface area contributed by atoms with Gasteiger partial charge in [-0.2, -0.15) is 0 Å². The summed E-state index contributed by atoms with van der Waals surface area (Å²) in [5, 5.41) is 0. The van der Waals surface area contributed by atoms with Crippen molar-refractivity contribution in [2.24, 2.45) is 16.7 Å². The van der Waals surface area contributed by atoms with Gasteiger partial charge in [0.1, 0.15) is 12.2 Å². The third-order valence-electron chi connectivity index (χ3n) is 9.06. The minimum atomic E-state index is -0.850. The zero-order valence-electron chi connectivity index (χ0n) is 25.3. The second kappa shape index (κ2) is 15.7. The van der Waals surface area contributed by atoms with Gasteiger partial charge in [0.2, 0.25) is 0 Å². The Morgan fingerprint density at radius 3 is 1.76 bits per heavy atom. The number of hydrogen-bond acceptors (Lipinski definition) is 4. The molecule has 0 spiro atoms. The van der Waals surface area contributed by atoms with Crippen molar-refractivity contribution in [3.63, 3.8) is 0 Å². The summed E-state index contributed by atoms with van der Waals surface area (Å²) >= 11 is 0. The Kier molecular flexibility index (Phi) is 13.4. The molecule has 0 saturated heterocycles. The van der Waals surface area contributed by atoms with Crippen molar-refractivity contribution in [1.82, 2.24) is 0 Å². The first-order valence-corrected chi connectivity index (χ1v) is 15.1. The van der Waals surface area contributed by atoms with Crippen LogP contribution < -0.4 is 0 Å². The van der Waals surface area contributed by atoms with Gasteiger partial charge in [-0.3, -0.25) is 9.59 Å². The highest BCUT2D eigenvalue weighted by Gasteiger charge is 2.62. The fraction of sp³-hybridized carbons (Fsp3) is 0.706. The molecular formula is C34H54O4. The molecule has 0 fully saturated rings. The fourth-order valence-electron chi connectivity index (χ4n) is 6.88. The molecule has 0 saturated carbocycles. The summed E-state index contributed by atoms with van der Waals surface area (Å²) in [6.45, 7) is 10.8. The Balaban J connectivity index is 2.67. The first-order chi connectivity index (χ1) is 18.3. The molecule has 0 aromatic rings. The Morgan fingerprint density at radius 2 is 1.32 bits per heavy atom.